The van der Waals surface area contributed by atoms with Crippen LogP contribution in [0.1, 0.15) is 40.5 Å². The van der Waals surface area contributed by atoms with Crippen LogP contribution in [-0.2, 0) is 11.3 Å². The van der Waals surface area contributed by atoms with Crippen molar-refractivity contribution in [1.82, 2.24) is 24.6 Å². The van der Waals surface area contributed by atoms with Crippen LogP contribution in [-0.4, -0.2) is 90.7 Å². The summed E-state index contributed by atoms with van der Waals surface area (Å²) in [6.45, 7) is 9.66. The first kappa shape index (κ1) is 30.7. The van der Waals surface area contributed by atoms with Crippen LogP contribution in [0.4, 0.5) is 4.39 Å². The lowest BCUT2D eigenvalue weighted by Crippen LogP contribution is -2.49. The maximum absolute atomic E-state index is 14.5. The molecule has 3 heterocycles. The number of carbonyl (C=O) groups excluding carboxylic acids is 1. The van der Waals surface area contributed by atoms with Crippen LogP contribution in [0.25, 0.3) is 16.5 Å². The molecule has 0 radical (unpaired) electrons. The number of nitrogens with one attached hydrogen (secondary N) is 1. The Morgan fingerprint density at radius 1 is 0.804 bits per heavy atom. The van der Waals surface area contributed by atoms with Crippen molar-refractivity contribution in [2.75, 3.05) is 65.6 Å². The Morgan fingerprint density at radius 2 is 1.46 bits per heavy atom. The summed E-state index contributed by atoms with van der Waals surface area (Å²) in [6.07, 6.45) is 1.96. The monoisotopic (exact) mass is 623 g/mol. The van der Waals surface area contributed by atoms with Crippen LogP contribution in [0.2, 0.25) is 0 Å². The number of para-hydroxylation sites is 1. The highest BCUT2D eigenvalue weighted by atomic mass is 19.1. The van der Waals surface area contributed by atoms with E-state index in [2.05, 4.69) is 20.0 Å². The summed E-state index contributed by atoms with van der Waals surface area (Å²) in [6, 6.07) is 23.2. The predicted octanol–water partition coefficient (Wildman–Crippen LogP) is 4.46. The van der Waals surface area contributed by atoms with Gasteiger partial charge in [0.1, 0.15) is 5.82 Å². The summed E-state index contributed by atoms with van der Waals surface area (Å²) in [7, 11) is 0. The summed E-state index contributed by atoms with van der Waals surface area (Å²) >= 11 is 0. The Kier molecular flexibility index (Phi) is 9.26. The van der Waals surface area contributed by atoms with Gasteiger partial charge in [0.15, 0.2) is 0 Å². The van der Waals surface area contributed by atoms with Gasteiger partial charge in [-0.3, -0.25) is 28.9 Å². The number of aromatic nitrogens is 1. The SMILES string of the molecule is O=C(NC(c1cccc(F)c1)C1CC1)c1c(CN2CCN(CCN3CCOCC3)CC2)n(-c2ccccc2)c(=O)c2ccccc12. The van der Waals surface area contributed by atoms with Gasteiger partial charge in [0.2, 0.25) is 0 Å². The number of amides is 1. The number of fused-ring (bicyclic) bond motifs is 1. The van der Waals surface area contributed by atoms with Gasteiger partial charge < -0.3 is 10.1 Å². The standard InChI is InChI=1S/C37H42FN5O3/c38-29-8-6-7-28(25-29)35(27-13-14-27)39-36(44)34-31-11-4-5-12-32(31)37(45)43(30-9-2-1-3-10-30)33(34)26-42-19-17-40(18-20-42)15-16-41-21-23-46-24-22-41/h1-12,25,27,35H,13-24,26H2,(H,39,44). The maximum Gasteiger partial charge on any atom is 0.263 e. The van der Waals surface area contributed by atoms with E-state index >= 15 is 0 Å². The van der Waals surface area contributed by atoms with Gasteiger partial charge in [-0.1, -0.05) is 48.5 Å². The average molecular weight is 624 g/mol. The number of rotatable bonds is 10. The van der Waals surface area contributed by atoms with Crippen molar-refractivity contribution in [3.63, 3.8) is 0 Å². The second kappa shape index (κ2) is 13.8. The van der Waals surface area contributed by atoms with Crippen LogP contribution >= 0.6 is 0 Å². The first-order valence-electron chi connectivity index (χ1n) is 16.6. The first-order valence-corrected chi connectivity index (χ1v) is 16.6. The molecule has 1 saturated carbocycles. The Balaban J connectivity index is 1.22. The molecule has 2 aliphatic heterocycles. The van der Waals surface area contributed by atoms with Crippen molar-refractivity contribution < 1.29 is 13.9 Å². The van der Waals surface area contributed by atoms with Gasteiger partial charge in [-0.2, -0.15) is 0 Å². The van der Waals surface area contributed by atoms with E-state index < -0.39 is 0 Å². The number of halogens is 1. The number of pyridine rings is 1. The Bertz CT molecular complexity index is 1730. The van der Waals surface area contributed by atoms with Crippen LogP contribution in [0.15, 0.2) is 83.7 Å². The van der Waals surface area contributed by atoms with Gasteiger partial charge in [0.05, 0.1) is 30.5 Å². The number of hydrogen-bond donors (Lipinski definition) is 1. The Hall–Kier alpha value is -3.89. The highest BCUT2D eigenvalue weighted by Crippen LogP contribution is 2.41. The number of piperazine rings is 1. The van der Waals surface area contributed by atoms with Crippen LogP contribution in [0.5, 0.6) is 0 Å². The number of benzene rings is 3. The quantitative estimate of drug-likeness (QED) is 0.282. The molecular formula is C37H42FN5O3. The fraction of sp³-hybridized carbons (Fsp3) is 0.405. The molecule has 3 fully saturated rings. The molecule has 1 atom stereocenters. The third kappa shape index (κ3) is 6.78. The molecule has 1 aliphatic carbocycles. The van der Waals surface area contributed by atoms with Crippen molar-refractivity contribution >= 4 is 16.7 Å². The molecule has 4 aromatic rings. The van der Waals surface area contributed by atoms with Gasteiger partial charge in [-0.15, -0.1) is 0 Å². The molecule has 240 valence electrons. The number of carbonyl (C=O) groups is 1. The number of hydrogen-bond acceptors (Lipinski definition) is 6. The fourth-order valence-electron chi connectivity index (χ4n) is 6.96. The number of ether oxygens (including phenoxy) is 1. The molecule has 0 spiro atoms. The van der Waals surface area contributed by atoms with E-state index in [9.17, 15) is 14.0 Å². The normalized spacial score (nSPS) is 18.9. The molecular weight excluding hydrogens is 581 g/mol. The van der Waals surface area contributed by atoms with Crippen LogP contribution in [0, 0.1) is 11.7 Å². The van der Waals surface area contributed by atoms with E-state index in [0.29, 0.717) is 28.6 Å². The van der Waals surface area contributed by atoms with E-state index in [1.807, 2.05) is 54.6 Å². The van der Waals surface area contributed by atoms with Crippen LogP contribution in [0.3, 0.4) is 0 Å². The van der Waals surface area contributed by atoms with Crippen molar-refractivity contribution in [3.05, 3.63) is 112 Å². The van der Waals surface area contributed by atoms with Gasteiger partial charge in [0, 0.05) is 75.4 Å². The van der Waals surface area contributed by atoms with Crippen molar-refractivity contribution in [2.24, 2.45) is 5.92 Å². The van der Waals surface area contributed by atoms with Crippen LogP contribution < -0.4 is 10.9 Å². The zero-order valence-electron chi connectivity index (χ0n) is 26.2. The molecule has 1 unspecified atom stereocenters. The fourth-order valence-corrected chi connectivity index (χ4v) is 6.96. The molecule has 3 aliphatic rings. The molecule has 1 aromatic heterocycles. The molecule has 1 N–H and O–H groups in total. The van der Waals surface area contributed by atoms with Crippen molar-refractivity contribution in [2.45, 2.75) is 25.4 Å². The second-order valence-corrected chi connectivity index (χ2v) is 12.8. The average Bonchev–Trinajstić information content (AvgIpc) is 3.94. The highest BCUT2D eigenvalue weighted by molar-refractivity contribution is 6.08. The summed E-state index contributed by atoms with van der Waals surface area (Å²) in [5.41, 5.74) is 2.56. The second-order valence-electron chi connectivity index (χ2n) is 12.8. The summed E-state index contributed by atoms with van der Waals surface area (Å²) in [5.74, 6) is -0.294. The molecule has 0 bridgehead atoms. The van der Waals surface area contributed by atoms with Gasteiger partial charge in [-0.05, 0) is 54.7 Å². The van der Waals surface area contributed by atoms with Gasteiger partial charge in [0.25, 0.3) is 11.5 Å². The molecule has 46 heavy (non-hydrogen) atoms. The minimum Gasteiger partial charge on any atom is -0.379 e. The lowest BCUT2D eigenvalue weighted by molar-refractivity contribution is 0.0296. The molecule has 8 nitrogen and oxygen atoms in total. The lowest BCUT2D eigenvalue weighted by atomic mass is 9.98. The molecule has 2 saturated heterocycles. The van der Waals surface area contributed by atoms with E-state index in [1.54, 1.807) is 16.7 Å². The summed E-state index contributed by atoms with van der Waals surface area (Å²) in [5, 5.41) is 4.45. The third-order valence-corrected chi connectivity index (χ3v) is 9.69. The molecule has 1 amide bonds. The Morgan fingerprint density at radius 3 is 2.15 bits per heavy atom. The van der Waals surface area contributed by atoms with Crippen molar-refractivity contribution in [3.8, 4) is 5.69 Å². The summed E-state index contributed by atoms with van der Waals surface area (Å²) in [4.78, 5) is 36.1. The highest BCUT2D eigenvalue weighted by Gasteiger charge is 2.35. The molecule has 3 aromatic carbocycles. The number of nitrogens with zero attached hydrogens (tertiary/aromatic N) is 4. The number of morpholine rings is 1. The lowest BCUT2D eigenvalue weighted by Gasteiger charge is -2.37. The molecule has 7 rings (SSSR count). The van der Waals surface area contributed by atoms with Gasteiger partial charge >= 0.3 is 0 Å². The largest absolute Gasteiger partial charge is 0.379 e. The smallest absolute Gasteiger partial charge is 0.263 e. The Labute approximate surface area is 269 Å². The van der Waals surface area contributed by atoms with E-state index in [-0.39, 0.29) is 29.2 Å². The van der Waals surface area contributed by atoms with E-state index in [1.165, 1.54) is 12.1 Å². The van der Waals surface area contributed by atoms with E-state index in [0.717, 1.165) is 89.7 Å². The topological polar surface area (TPSA) is 70.1 Å². The zero-order valence-corrected chi connectivity index (χ0v) is 26.2. The molecule has 9 heteroatoms. The minimum atomic E-state index is -0.315. The minimum absolute atomic E-state index is 0.138. The predicted molar refractivity (Wildman–Crippen MR) is 178 cm³/mol. The first-order chi connectivity index (χ1) is 22.5. The zero-order chi connectivity index (χ0) is 31.5. The third-order valence-electron chi connectivity index (χ3n) is 9.69. The van der Waals surface area contributed by atoms with Gasteiger partial charge in [-0.25, -0.2) is 4.39 Å². The maximum atomic E-state index is 14.5. The van der Waals surface area contributed by atoms with Crippen molar-refractivity contribution in [1.29, 1.82) is 0 Å². The van der Waals surface area contributed by atoms with E-state index in [4.69, 9.17) is 4.74 Å². The summed E-state index contributed by atoms with van der Waals surface area (Å²) < 4.78 is 21.5.